The minimum Gasteiger partial charge on any atom is -0.467 e. The highest BCUT2D eigenvalue weighted by atomic mass is 16.5. The van der Waals surface area contributed by atoms with Gasteiger partial charge in [-0.1, -0.05) is 48.5 Å². The van der Waals surface area contributed by atoms with E-state index < -0.39 is 30.1 Å². The van der Waals surface area contributed by atoms with E-state index in [1.807, 2.05) is 30.3 Å². The summed E-state index contributed by atoms with van der Waals surface area (Å²) in [7, 11) is 2.54. The van der Waals surface area contributed by atoms with Gasteiger partial charge in [0.15, 0.2) is 0 Å². The van der Waals surface area contributed by atoms with Crippen LogP contribution in [-0.4, -0.2) is 44.3 Å². The van der Waals surface area contributed by atoms with E-state index in [2.05, 4.69) is 10.6 Å². The molecule has 0 aliphatic carbocycles. The second-order valence-corrected chi connectivity index (χ2v) is 5.73. The monoisotopic (exact) mass is 370 g/mol. The average molecular weight is 370 g/mol. The number of methoxy groups -OCH3 is 2. The van der Waals surface area contributed by atoms with Crippen LogP contribution in [0, 0.1) is 0 Å². The summed E-state index contributed by atoms with van der Waals surface area (Å²) in [4.78, 5) is 36.8. The molecule has 0 aliphatic rings. The van der Waals surface area contributed by atoms with Gasteiger partial charge in [-0.05, 0) is 17.7 Å². The molecule has 142 valence electrons. The molecule has 27 heavy (non-hydrogen) atoms. The van der Waals surface area contributed by atoms with Crippen molar-refractivity contribution in [1.82, 2.24) is 10.6 Å². The molecule has 0 saturated heterocycles. The highest BCUT2D eigenvalue weighted by molar-refractivity contribution is 5.97. The van der Waals surface area contributed by atoms with Gasteiger partial charge >= 0.3 is 5.97 Å². The molecular weight excluding hydrogens is 348 g/mol. The van der Waals surface area contributed by atoms with Crippen molar-refractivity contribution in [3.05, 3.63) is 71.8 Å². The Morgan fingerprint density at radius 1 is 0.889 bits per heavy atom. The Morgan fingerprint density at radius 2 is 1.48 bits per heavy atom. The van der Waals surface area contributed by atoms with Crippen molar-refractivity contribution in [3.63, 3.8) is 0 Å². The fourth-order valence-electron chi connectivity index (χ4n) is 2.46. The van der Waals surface area contributed by atoms with Gasteiger partial charge in [0, 0.05) is 19.1 Å². The third kappa shape index (κ3) is 5.93. The largest absolute Gasteiger partial charge is 0.467 e. The Labute approximate surface area is 157 Å². The molecule has 2 rings (SSSR count). The average Bonchev–Trinajstić information content (AvgIpc) is 2.72. The van der Waals surface area contributed by atoms with Crippen LogP contribution in [0.15, 0.2) is 60.7 Å². The Kier molecular flexibility index (Phi) is 7.51. The molecule has 0 bridgehead atoms. The summed E-state index contributed by atoms with van der Waals surface area (Å²) >= 11 is 0. The van der Waals surface area contributed by atoms with Crippen LogP contribution >= 0.6 is 0 Å². The van der Waals surface area contributed by atoms with Gasteiger partial charge in [-0.25, -0.2) is 4.79 Å². The van der Waals surface area contributed by atoms with Crippen LogP contribution in [0.5, 0.6) is 0 Å². The van der Waals surface area contributed by atoms with Crippen molar-refractivity contribution in [2.45, 2.75) is 18.7 Å². The molecule has 0 spiro atoms. The first-order valence-electron chi connectivity index (χ1n) is 8.36. The number of esters is 1. The normalized spacial score (nSPS) is 12.5. The fraction of sp³-hybridized carbons (Fsp3) is 0.250. The summed E-state index contributed by atoms with van der Waals surface area (Å²) in [6.45, 7) is 0. The molecule has 0 heterocycles. The topological polar surface area (TPSA) is 93.7 Å². The van der Waals surface area contributed by atoms with Gasteiger partial charge < -0.3 is 20.1 Å². The number of carbonyl (C=O) groups excluding carboxylic acids is 3. The zero-order valence-electron chi connectivity index (χ0n) is 15.2. The number of hydrogen-bond donors (Lipinski definition) is 2. The summed E-state index contributed by atoms with van der Waals surface area (Å²) in [5, 5.41) is 5.05. The summed E-state index contributed by atoms with van der Waals surface area (Å²) in [6, 6.07) is 16.7. The van der Waals surface area contributed by atoms with Crippen LogP contribution in [0.25, 0.3) is 0 Å². The van der Waals surface area contributed by atoms with Crippen LogP contribution in [0.4, 0.5) is 0 Å². The maximum atomic E-state index is 12.5. The molecular formula is C20H22N2O5. The quantitative estimate of drug-likeness (QED) is 0.539. The van der Waals surface area contributed by atoms with Crippen molar-refractivity contribution in [2.24, 2.45) is 0 Å². The summed E-state index contributed by atoms with van der Waals surface area (Å²) in [6.07, 6.45) is -0.997. The highest BCUT2D eigenvalue weighted by Crippen LogP contribution is 2.06. The number of hydrogen-bond acceptors (Lipinski definition) is 5. The lowest BCUT2D eigenvalue weighted by Gasteiger charge is -2.21. The number of benzene rings is 2. The van der Waals surface area contributed by atoms with E-state index in [9.17, 15) is 14.4 Å². The predicted octanol–water partition coefficient (Wildman–Crippen LogP) is 1.29. The number of rotatable bonds is 8. The van der Waals surface area contributed by atoms with Gasteiger partial charge in [-0.15, -0.1) is 0 Å². The van der Waals surface area contributed by atoms with Crippen LogP contribution in [-0.2, 0) is 25.5 Å². The fourth-order valence-corrected chi connectivity index (χ4v) is 2.46. The lowest BCUT2D eigenvalue weighted by atomic mass is 10.1. The van der Waals surface area contributed by atoms with Crippen LogP contribution in [0.3, 0.4) is 0 Å². The first-order chi connectivity index (χ1) is 13.0. The summed E-state index contributed by atoms with van der Waals surface area (Å²) < 4.78 is 9.84. The van der Waals surface area contributed by atoms with Crippen molar-refractivity contribution in [3.8, 4) is 0 Å². The molecule has 0 fully saturated rings. The van der Waals surface area contributed by atoms with Gasteiger partial charge in [0.1, 0.15) is 6.04 Å². The molecule has 2 N–H and O–H groups in total. The third-order valence-corrected chi connectivity index (χ3v) is 3.86. The minimum absolute atomic E-state index is 0.252. The zero-order chi connectivity index (χ0) is 19.6. The summed E-state index contributed by atoms with van der Waals surface area (Å²) in [5.41, 5.74) is 1.25. The molecule has 2 aromatic rings. The first kappa shape index (κ1) is 20.1. The van der Waals surface area contributed by atoms with Gasteiger partial charge in [-0.3, -0.25) is 9.59 Å². The molecule has 7 nitrogen and oxygen atoms in total. The summed E-state index contributed by atoms with van der Waals surface area (Å²) in [5.74, 6) is -1.69. The number of carbonyl (C=O) groups is 3. The second-order valence-electron chi connectivity index (χ2n) is 5.73. The van der Waals surface area contributed by atoms with Gasteiger partial charge in [0.05, 0.1) is 7.11 Å². The van der Waals surface area contributed by atoms with E-state index in [1.165, 1.54) is 14.2 Å². The van der Waals surface area contributed by atoms with Gasteiger partial charge in [0.2, 0.25) is 6.23 Å². The van der Waals surface area contributed by atoms with Crippen LogP contribution in [0.1, 0.15) is 15.9 Å². The van der Waals surface area contributed by atoms with Gasteiger partial charge in [-0.2, -0.15) is 0 Å². The Bertz CT molecular complexity index is 764. The van der Waals surface area contributed by atoms with Crippen molar-refractivity contribution >= 4 is 17.8 Å². The van der Waals surface area contributed by atoms with E-state index in [1.54, 1.807) is 30.3 Å². The van der Waals surface area contributed by atoms with Crippen LogP contribution in [0.2, 0.25) is 0 Å². The van der Waals surface area contributed by atoms with E-state index in [-0.39, 0.29) is 6.42 Å². The number of ether oxygens (including phenoxy) is 2. The molecule has 0 aromatic heterocycles. The second kappa shape index (κ2) is 10.1. The smallest absolute Gasteiger partial charge is 0.328 e. The van der Waals surface area contributed by atoms with Gasteiger partial charge in [0.25, 0.3) is 11.8 Å². The lowest BCUT2D eigenvalue weighted by molar-refractivity contribution is -0.146. The molecule has 2 atom stereocenters. The number of amides is 2. The maximum Gasteiger partial charge on any atom is 0.328 e. The SMILES string of the molecule is COC(=O)[C@H](Cc1ccccc1)NC(=O)[C@@H](NC(=O)c1ccccc1)OC. The third-order valence-electron chi connectivity index (χ3n) is 3.86. The molecule has 7 heteroatoms. The van der Waals surface area contributed by atoms with E-state index in [0.29, 0.717) is 5.56 Å². The molecule has 0 saturated carbocycles. The molecule has 0 aliphatic heterocycles. The Morgan fingerprint density at radius 3 is 2.04 bits per heavy atom. The first-order valence-corrected chi connectivity index (χ1v) is 8.36. The van der Waals surface area contributed by atoms with Crippen molar-refractivity contribution in [2.75, 3.05) is 14.2 Å². The number of nitrogens with one attached hydrogen (secondary N) is 2. The zero-order valence-corrected chi connectivity index (χ0v) is 15.2. The Hall–Kier alpha value is -3.19. The predicted molar refractivity (Wildman–Crippen MR) is 98.8 cm³/mol. The minimum atomic E-state index is -1.25. The molecule has 2 amide bonds. The Balaban J connectivity index is 2.05. The maximum absolute atomic E-state index is 12.5. The molecule has 2 aromatic carbocycles. The van der Waals surface area contributed by atoms with E-state index in [4.69, 9.17) is 9.47 Å². The van der Waals surface area contributed by atoms with Crippen molar-refractivity contribution < 1.29 is 23.9 Å². The molecule has 0 radical (unpaired) electrons. The molecule has 0 unspecified atom stereocenters. The van der Waals surface area contributed by atoms with Crippen LogP contribution < -0.4 is 10.6 Å². The standard InChI is InChI=1S/C20H22N2O5/c1-26-19(22-17(23)15-11-7-4-8-12-15)18(24)21-16(20(25)27-2)13-14-9-5-3-6-10-14/h3-12,16,19H,13H2,1-2H3,(H,21,24)(H,22,23)/t16-,19-/m0/s1. The van der Waals surface area contributed by atoms with Crippen molar-refractivity contribution in [1.29, 1.82) is 0 Å². The lowest BCUT2D eigenvalue weighted by Crippen LogP contribution is -2.53. The van der Waals surface area contributed by atoms with E-state index in [0.717, 1.165) is 5.56 Å². The van der Waals surface area contributed by atoms with E-state index >= 15 is 0 Å². The highest BCUT2D eigenvalue weighted by Gasteiger charge is 2.27.